The number of rotatable bonds is 10. The van der Waals surface area contributed by atoms with Crippen LogP contribution in [-0.4, -0.2) is 66.0 Å². The van der Waals surface area contributed by atoms with E-state index in [0.29, 0.717) is 74.6 Å². The molecule has 3 aromatic rings. The Bertz CT molecular complexity index is 2220. The number of anilines is 1. The highest BCUT2D eigenvalue weighted by Gasteiger charge is 2.32. The molecule has 2 N–H and O–H groups in total. The minimum Gasteiger partial charge on any atom is -0.453 e. The summed E-state index contributed by atoms with van der Waals surface area (Å²) in [5, 5.41) is 1.89. The first-order valence-electron chi connectivity index (χ1n) is 14.8. The number of hydrogen-bond acceptors (Lipinski definition) is 12. The summed E-state index contributed by atoms with van der Waals surface area (Å²) in [6.45, 7) is 0.236. The molecule has 0 radical (unpaired) electrons. The lowest BCUT2D eigenvalue weighted by Gasteiger charge is -2.17. The molecule has 1 fully saturated rings. The number of carbonyl (C=O) groups is 3. The lowest BCUT2D eigenvalue weighted by molar-refractivity contribution is -0.197. The van der Waals surface area contributed by atoms with Gasteiger partial charge in [0.25, 0.3) is 21.9 Å². The molecule has 47 heavy (non-hydrogen) atoms. The predicted octanol–water partition coefficient (Wildman–Crippen LogP) is 5.19. The Morgan fingerprint density at radius 1 is 1.04 bits per heavy atom. The molecule has 0 atom stereocenters. The number of carbonyl (C=O) groups excluding carboxylic acids is 3. The monoisotopic (exact) mass is 678 g/mol. The smallest absolute Gasteiger partial charge is 0.333 e. The quantitative estimate of drug-likeness (QED) is 0.0494. The van der Waals surface area contributed by atoms with Gasteiger partial charge in [-0.15, -0.1) is 5.06 Å². The molecule has 1 aliphatic carbocycles. The Balaban J connectivity index is 1.41. The molecule has 13 nitrogen and oxygen atoms in total. The third kappa shape index (κ3) is 6.39. The van der Waals surface area contributed by atoms with Gasteiger partial charge in [0.05, 0.1) is 5.36 Å². The van der Waals surface area contributed by atoms with E-state index in [1.807, 2.05) is 31.1 Å². The summed E-state index contributed by atoms with van der Waals surface area (Å²) < 4.78 is 52.9. The Morgan fingerprint density at radius 2 is 1.81 bits per heavy atom. The molecule has 244 valence electrons. The van der Waals surface area contributed by atoms with Gasteiger partial charge in [-0.25, -0.2) is 9.78 Å². The number of hydrogen-bond donors (Lipinski definition) is 2. The van der Waals surface area contributed by atoms with Crippen molar-refractivity contribution in [3.8, 4) is 11.5 Å². The van der Waals surface area contributed by atoms with E-state index >= 15 is 0 Å². The molecule has 0 bridgehead atoms. The van der Waals surface area contributed by atoms with Crippen LogP contribution in [0, 0.1) is 0 Å². The van der Waals surface area contributed by atoms with Gasteiger partial charge in [-0.3, -0.25) is 19.1 Å². The van der Waals surface area contributed by atoms with Crippen LogP contribution >= 0.6 is 12.0 Å². The summed E-state index contributed by atoms with van der Waals surface area (Å²) in [5.41, 5.74) is 2.27. The predicted molar refractivity (Wildman–Crippen MR) is 174 cm³/mol. The van der Waals surface area contributed by atoms with E-state index in [9.17, 15) is 31.9 Å². The van der Waals surface area contributed by atoms with Gasteiger partial charge in [-0.2, -0.15) is 8.42 Å². The van der Waals surface area contributed by atoms with E-state index in [2.05, 4.69) is 0 Å². The van der Waals surface area contributed by atoms with Crippen LogP contribution in [0.2, 0.25) is 0 Å². The van der Waals surface area contributed by atoms with Crippen LogP contribution in [0.15, 0.2) is 67.7 Å². The van der Waals surface area contributed by atoms with Gasteiger partial charge >= 0.3 is 5.97 Å². The minimum atomic E-state index is -4.81. The van der Waals surface area contributed by atoms with Crippen molar-refractivity contribution in [3.63, 3.8) is 0 Å². The van der Waals surface area contributed by atoms with Gasteiger partial charge < -0.3 is 18.7 Å². The molecule has 3 aliphatic rings. The van der Waals surface area contributed by atoms with Gasteiger partial charge in [0.1, 0.15) is 16.1 Å². The van der Waals surface area contributed by atoms with Crippen molar-refractivity contribution in [1.82, 2.24) is 10.0 Å². The maximum Gasteiger partial charge on any atom is 0.333 e. The van der Waals surface area contributed by atoms with E-state index in [4.69, 9.17) is 19.2 Å². The van der Waals surface area contributed by atoms with Gasteiger partial charge in [-0.05, 0) is 42.5 Å². The van der Waals surface area contributed by atoms with E-state index in [1.54, 1.807) is 36.4 Å². The van der Waals surface area contributed by atoms with Crippen molar-refractivity contribution < 1.29 is 41.2 Å². The number of hydroxylamine groups is 2. The summed E-state index contributed by atoms with van der Waals surface area (Å²) in [6, 6.07) is 13.6. The van der Waals surface area contributed by atoms with E-state index in [0.717, 1.165) is 5.69 Å². The molecule has 6 rings (SSSR count). The normalized spacial score (nSPS) is 14.3. The molecule has 0 saturated carbocycles. The SMILES string of the molecule is CN(C)c1ccc2nc3c4cc5c(SO)cccc5c(S(=O)(=O)O)c4c(=NCCCCCC(=O)ON4C(=O)CCC4=O)cc-3oc2c1. The van der Waals surface area contributed by atoms with Crippen LogP contribution in [0.25, 0.3) is 44.1 Å². The van der Waals surface area contributed by atoms with Gasteiger partial charge in [0, 0.05) is 90.8 Å². The summed E-state index contributed by atoms with van der Waals surface area (Å²) in [4.78, 5) is 51.9. The van der Waals surface area contributed by atoms with E-state index < -0.39 is 27.9 Å². The van der Waals surface area contributed by atoms with Crippen LogP contribution < -0.4 is 10.3 Å². The highest BCUT2D eigenvalue weighted by molar-refractivity contribution is 7.94. The molecular formula is C32H30N4O9S2. The summed E-state index contributed by atoms with van der Waals surface area (Å²) in [6.07, 6.45) is 1.49. The Hall–Kier alpha value is -4.57. The van der Waals surface area contributed by atoms with Crippen molar-refractivity contribution in [2.24, 2.45) is 4.99 Å². The largest absolute Gasteiger partial charge is 0.453 e. The molecule has 1 saturated heterocycles. The maximum atomic E-state index is 13.0. The molecule has 0 unspecified atom stereocenters. The van der Waals surface area contributed by atoms with Gasteiger partial charge in [-0.1, -0.05) is 18.6 Å². The van der Waals surface area contributed by atoms with Crippen LogP contribution in [0.4, 0.5) is 5.69 Å². The standard InChI is InChI=1S/C32H30N4O9S2/c1-35(2)18-10-11-22-24(15-18)44-25-17-23(33-14-5-3-4-9-29(39)45-36-27(37)12-13-28(36)38)30-21(31(25)34-22)16-20-19(32(30)47(41,42)43)7-6-8-26(20)46-40/h6-8,10-11,15-17,40H,3-5,9,12-14H2,1-2H3,(H,41,42,43). The van der Waals surface area contributed by atoms with Gasteiger partial charge in [0.2, 0.25) is 0 Å². The Morgan fingerprint density at radius 3 is 2.51 bits per heavy atom. The fraction of sp³-hybridized carbons (Fsp3) is 0.281. The number of amides is 2. The highest BCUT2D eigenvalue weighted by Crippen LogP contribution is 2.39. The van der Waals surface area contributed by atoms with Crippen molar-refractivity contribution in [3.05, 3.63) is 53.9 Å². The van der Waals surface area contributed by atoms with Crippen molar-refractivity contribution in [1.29, 1.82) is 0 Å². The van der Waals surface area contributed by atoms with Crippen molar-refractivity contribution >= 4 is 78.3 Å². The summed E-state index contributed by atoms with van der Waals surface area (Å²) in [7, 11) is -1.01. The molecule has 0 spiro atoms. The first kappa shape index (κ1) is 32.4. The third-order valence-corrected chi connectivity index (χ3v) is 9.39. The zero-order chi connectivity index (χ0) is 33.5. The highest BCUT2D eigenvalue weighted by atomic mass is 32.2. The topological polar surface area (TPSA) is 180 Å². The first-order valence-corrected chi connectivity index (χ1v) is 17.0. The van der Waals surface area contributed by atoms with Crippen molar-refractivity contribution in [2.45, 2.75) is 48.3 Å². The first-order chi connectivity index (χ1) is 22.5. The third-order valence-electron chi connectivity index (χ3n) is 7.90. The average molecular weight is 679 g/mol. The number of unbranched alkanes of at least 4 members (excludes halogenated alkanes) is 2. The van der Waals surface area contributed by atoms with Gasteiger partial charge in [0.15, 0.2) is 11.3 Å². The van der Waals surface area contributed by atoms with Crippen LogP contribution in [0.5, 0.6) is 0 Å². The summed E-state index contributed by atoms with van der Waals surface area (Å²) in [5.74, 6) is -1.43. The second kappa shape index (κ2) is 12.9. The molecule has 0 aromatic heterocycles. The molecule has 2 heterocycles. The second-order valence-corrected chi connectivity index (χ2v) is 13.3. The zero-order valence-corrected chi connectivity index (χ0v) is 27.1. The van der Waals surface area contributed by atoms with Crippen molar-refractivity contribution in [2.75, 3.05) is 25.5 Å². The Labute approximate surface area is 273 Å². The number of nitrogens with zero attached hydrogens (tertiary/aromatic N) is 4. The number of aromatic nitrogens is 1. The molecule has 2 aliphatic heterocycles. The second-order valence-electron chi connectivity index (χ2n) is 11.3. The summed E-state index contributed by atoms with van der Waals surface area (Å²) >= 11 is 0.458. The number of fused-ring (bicyclic) bond motifs is 5. The minimum absolute atomic E-state index is 0.00732. The zero-order valence-electron chi connectivity index (χ0n) is 25.4. The molecule has 2 amide bonds. The molecular weight excluding hydrogens is 649 g/mol. The van der Waals surface area contributed by atoms with Crippen LogP contribution in [-0.2, 0) is 29.3 Å². The average Bonchev–Trinajstić information content (AvgIpc) is 3.35. The fourth-order valence-electron chi connectivity index (χ4n) is 5.62. The Kier molecular flexibility index (Phi) is 8.89. The molecule has 3 aromatic carbocycles. The lowest BCUT2D eigenvalue weighted by Crippen LogP contribution is -2.31. The number of benzene rings is 4. The maximum absolute atomic E-state index is 13.0. The molecule has 15 heteroatoms. The number of imide groups is 1. The van der Waals surface area contributed by atoms with Crippen LogP contribution in [0.3, 0.4) is 0 Å². The van der Waals surface area contributed by atoms with Crippen LogP contribution in [0.1, 0.15) is 38.5 Å². The lowest BCUT2D eigenvalue weighted by atomic mass is 9.99. The fourth-order valence-corrected chi connectivity index (χ4v) is 6.96. The van der Waals surface area contributed by atoms with E-state index in [-0.39, 0.29) is 46.8 Å². The van der Waals surface area contributed by atoms with E-state index in [1.165, 1.54) is 0 Å².